The lowest BCUT2D eigenvalue weighted by Gasteiger charge is -2.12. The summed E-state index contributed by atoms with van der Waals surface area (Å²) in [7, 11) is 1.57. The van der Waals surface area contributed by atoms with Gasteiger partial charge in [-0.25, -0.2) is 24.9 Å². The maximum atomic E-state index is 12.2. The van der Waals surface area contributed by atoms with E-state index in [0.29, 0.717) is 41.1 Å². The third-order valence-corrected chi connectivity index (χ3v) is 6.15. The zero-order chi connectivity index (χ0) is 24.1. The Morgan fingerprint density at radius 1 is 1.21 bits per heavy atom. The molecule has 34 heavy (non-hydrogen) atoms. The second-order valence-corrected chi connectivity index (χ2v) is 9.21. The van der Waals surface area contributed by atoms with Crippen LogP contribution in [0.3, 0.4) is 0 Å². The summed E-state index contributed by atoms with van der Waals surface area (Å²) < 4.78 is 5.46. The highest BCUT2D eigenvalue weighted by Crippen LogP contribution is 2.44. The van der Waals surface area contributed by atoms with Gasteiger partial charge in [0, 0.05) is 23.9 Å². The molecule has 1 aliphatic carbocycles. The minimum absolute atomic E-state index is 0.184. The van der Waals surface area contributed by atoms with E-state index in [2.05, 4.69) is 42.2 Å². The number of rotatable bonds is 9. The fourth-order valence-corrected chi connectivity index (χ4v) is 4.03. The number of nitrogens with zero attached hydrogens (tertiary/aromatic N) is 6. The van der Waals surface area contributed by atoms with Gasteiger partial charge < -0.3 is 10.1 Å². The summed E-state index contributed by atoms with van der Waals surface area (Å²) in [4.78, 5) is 40.1. The van der Waals surface area contributed by atoms with Crippen molar-refractivity contribution in [2.24, 2.45) is 4.99 Å². The van der Waals surface area contributed by atoms with E-state index in [9.17, 15) is 4.79 Å². The zero-order valence-corrected chi connectivity index (χ0v) is 20.5. The van der Waals surface area contributed by atoms with Crippen molar-refractivity contribution in [1.29, 1.82) is 0 Å². The lowest BCUT2D eigenvalue weighted by Crippen LogP contribution is -2.29. The van der Waals surface area contributed by atoms with Gasteiger partial charge in [0.2, 0.25) is 5.88 Å². The zero-order valence-electron chi connectivity index (χ0n) is 19.7. The van der Waals surface area contributed by atoms with Crippen LogP contribution in [-0.4, -0.2) is 49.4 Å². The van der Waals surface area contributed by atoms with Crippen molar-refractivity contribution in [1.82, 2.24) is 30.2 Å². The van der Waals surface area contributed by atoms with Gasteiger partial charge in [-0.2, -0.15) is 0 Å². The molecule has 4 rings (SSSR count). The number of hydrogen-bond donors (Lipinski definition) is 1. The number of thioether (sulfide) groups is 1. The first-order valence-corrected chi connectivity index (χ1v) is 12.1. The van der Waals surface area contributed by atoms with Crippen LogP contribution in [0.15, 0.2) is 40.7 Å². The standard InChI is InChI=1S/C24H27N7O2S/c1-5-34-18-9-8-17(25-11-18)10-26-22(15(3)32)31-19-12-27-23(30-14(19)2)20-21(16-6-7-16)28-13-29-24(20)33-4/h8-9,11-13,16H,5-7,10H2,1-4H3,(H,26,31). The number of aryl methyl sites for hydroxylation is 1. The second-order valence-electron chi connectivity index (χ2n) is 7.87. The van der Waals surface area contributed by atoms with Gasteiger partial charge in [-0.3, -0.25) is 9.78 Å². The van der Waals surface area contributed by atoms with E-state index in [4.69, 9.17) is 4.74 Å². The van der Waals surface area contributed by atoms with Crippen LogP contribution < -0.4 is 10.1 Å². The first-order chi connectivity index (χ1) is 16.5. The van der Waals surface area contributed by atoms with E-state index in [1.54, 1.807) is 25.1 Å². The Hall–Kier alpha value is -3.40. The number of carbonyl (C=O) groups excluding carboxylic acids is 1. The monoisotopic (exact) mass is 477 g/mol. The van der Waals surface area contributed by atoms with Crippen molar-refractivity contribution in [2.45, 2.75) is 51.0 Å². The van der Waals surface area contributed by atoms with Crippen molar-refractivity contribution in [3.05, 3.63) is 47.9 Å². The fourth-order valence-electron chi connectivity index (χ4n) is 3.41. The van der Waals surface area contributed by atoms with Crippen molar-refractivity contribution in [3.8, 4) is 17.3 Å². The van der Waals surface area contributed by atoms with Crippen molar-refractivity contribution in [2.75, 3.05) is 12.9 Å². The minimum atomic E-state index is -0.184. The summed E-state index contributed by atoms with van der Waals surface area (Å²) >= 11 is 1.73. The van der Waals surface area contributed by atoms with Gasteiger partial charge in [-0.05, 0) is 37.7 Å². The number of Topliss-reactive ketones (excluding diaryl/α,β-unsaturated/α-hetero) is 1. The van der Waals surface area contributed by atoms with Gasteiger partial charge in [-0.15, -0.1) is 11.8 Å². The Morgan fingerprint density at radius 2 is 2.03 bits per heavy atom. The number of carbonyl (C=O) groups is 1. The van der Waals surface area contributed by atoms with Gasteiger partial charge in [0.25, 0.3) is 0 Å². The molecule has 3 aromatic rings. The van der Waals surface area contributed by atoms with Crippen LogP contribution in [0.4, 0.5) is 5.69 Å². The van der Waals surface area contributed by atoms with E-state index in [-0.39, 0.29) is 11.6 Å². The molecule has 1 saturated carbocycles. The Labute approximate surface area is 202 Å². The molecule has 0 aliphatic heterocycles. The summed E-state index contributed by atoms with van der Waals surface area (Å²) in [5.41, 5.74) is 3.59. The van der Waals surface area contributed by atoms with Crippen LogP contribution in [0.25, 0.3) is 11.4 Å². The Balaban J connectivity index is 1.57. The molecule has 0 atom stereocenters. The summed E-state index contributed by atoms with van der Waals surface area (Å²) in [6.07, 6.45) is 7.12. The Kier molecular flexibility index (Phi) is 7.46. The van der Waals surface area contributed by atoms with Crippen LogP contribution in [0, 0.1) is 6.92 Å². The first-order valence-electron chi connectivity index (χ1n) is 11.1. The molecule has 3 heterocycles. The van der Waals surface area contributed by atoms with Crippen LogP contribution in [0.1, 0.15) is 49.7 Å². The molecule has 0 bridgehead atoms. The number of ether oxygens (including phenoxy) is 1. The van der Waals surface area contributed by atoms with Gasteiger partial charge in [-0.1, -0.05) is 6.92 Å². The van der Waals surface area contributed by atoms with E-state index in [1.807, 2.05) is 25.3 Å². The van der Waals surface area contributed by atoms with Crippen LogP contribution in [0.5, 0.6) is 5.88 Å². The number of hydrogen-bond acceptors (Lipinski definition) is 9. The SMILES string of the molecule is CCSc1ccc(CN/C(=N/c2cnc(-c3c(OC)ncnc3C3CC3)nc2C)C(C)=O)nc1. The van der Waals surface area contributed by atoms with Gasteiger partial charge in [0.1, 0.15) is 17.6 Å². The van der Waals surface area contributed by atoms with Crippen LogP contribution in [-0.2, 0) is 11.3 Å². The number of amidine groups is 1. The molecule has 0 unspecified atom stereocenters. The van der Waals surface area contributed by atoms with E-state index in [1.165, 1.54) is 13.3 Å². The molecule has 0 saturated heterocycles. The van der Waals surface area contributed by atoms with Gasteiger partial charge in [0.05, 0.1) is 36.9 Å². The molecule has 0 amide bonds. The Morgan fingerprint density at radius 3 is 2.65 bits per heavy atom. The number of ketones is 1. The predicted octanol–water partition coefficient (Wildman–Crippen LogP) is 4.04. The molecule has 1 N–H and O–H groups in total. The maximum Gasteiger partial charge on any atom is 0.227 e. The highest BCUT2D eigenvalue weighted by Gasteiger charge is 2.31. The molecular formula is C24H27N7O2S. The topological polar surface area (TPSA) is 115 Å². The molecule has 176 valence electrons. The average molecular weight is 478 g/mol. The quantitative estimate of drug-likeness (QED) is 0.277. The molecule has 3 aromatic heterocycles. The fraction of sp³-hybridized carbons (Fsp3) is 0.375. The highest BCUT2D eigenvalue weighted by molar-refractivity contribution is 7.99. The molecule has 1 fully saturated rings. The molecular weight excluding hydrogens is 450 g/mol. The molecule has 0 spiro atoms. The molecule has 1 aliphatic rings. The van der Waals surface area contributed by atoms with Gasteiger partial charge in [0.15, 0.2) is 17.4 Å². The van der Waals surface area contributed by atoms with Crippen LogP contribution in [0.2, 0.25) is 0 Å². The number of methoxy groups -OCH3 is 1. The summed E-state index contributed by atoms with van der Waals surface area (Å²) in [6, 6.07) is 3.97. The molecule has 0 radical (unpaired) electrons. The normalized spacial score (nSPS) is 13.6. The number of aromatic nitrogens is 5. The lowest BCUT2D eigenvalue weighted by atomic mass is 10.1. The van der Waals surface area contributed by atoms with E-state index >= 15 is 0 Å². The molecule has 10 heteroatoms. The van der Waals surface area contributed by atoms with Crippen LogP contribution >= 0.6 is 11.8 Å². The third-order valence-electron chi connectivity index (χ3n) is 5.29. The first kappa shape index (κ1) is 23.7. The smallest absolute Gasteiger partial charge is 0.227 e. The summed E-state index contributed by atoms with van der Waals surface area (Å²) in [5.74, 6) is 2.36. The number of nitrogens with one attached hydrogen (secondary N) is 1. The van der Waals surface area contributed by atoms with Crippen molar-refractivity contribution in [3.63, 3.8) is 0 Å². The summed E-state index contributed by atoms with van der Waals surface area (Å²) in [6.45, 7) is 5.79. The number of aliphatic imine (C=N–C) groups is 1. The largest absolute Gasteiger partial charge is 0.480 e. The van der Waals surface area contributed by atoms with E-state index < -0.39 is 0 Å². The number of pyridine rings is 1. The maximum absolute atomic E-state index is 12.2. The van der Waals surface area contributed by atoms with Crippen molar-refractivity contribution >= 4 is 29.1 Å². The van der Waals surface area contributed by atoms with E-state index in [0.717, 1.165) is 34.9 Å². The lowest BCUT2D eigenvalue weighted by molar-refractivity contribution is -0.111. The van der Waals surface area contributed by atoms with Crippen molar-refractivity contribution < 1.29 is 9.53 Å². The predicted molar refractivity (Wildman–Crippen MR) is 132 cm³/mol. The highest BCUT2D eigenvalue weighted by atomic mass is 32.2. The molecule has 0 aromatic carbocycles. The second kappa shape index (κ2) is 10.7. The third kappa shape index (κ3) is 5.56. The minimum Gasteiger partial charge on any atom is -0.480 e. The Bertz CT molecular complexity index is 1210. The van der Waals surface area contributed by atoms with Gasteiger partial charge >= 0.3 is 0 Å². The molecule has 9 nitrogen and oxygen atoms in total. The summed E-state index contributed by atoms with van der Waals surface area (Å²) in [5, 5.41) is 3.10. The average Bonchev–Trinajstić information content (AvgIpc) is 3.68.